The van der Waals surface area contributed by atoms with E-state index in [1.54, 1.807) is 36.1 Å². The summed E-state index contributed by atoms with van der Waals surface area (Å²) in [5, 5.41) is 8.52. The van der Waals surface area contributed by atoms with Crippen LogP contribution in [0.1, 0.15) is 37.8 Å². The van der Waals surface area contributed by atoms with Gasteiger partial charge in [0.25, 0.3) is 0 Å². The molecule has 0 bridgehead atoms. The maximum absolute atomic E-state index is 13.3. The lowest BCUT2D eigenvalue weighted by Gasteiger charge is -2.26. The molecule has 30 heavy (non-hydrogen) atoms. The fraction of sp³-hybridized carbons (Fsp3) is 0.391. The lowest BCUT2D eigenvalue weighted by molar-refractivity contribution is -0.117. The zero-order valence-electron chi connectivity index (χ0n) is 17.9. The number of thioether (sulfide) groups is 1. The Morgan fingerprint density at radius 2 is 1.87 bits per heavy atom. The van der Waals surface area contributed by atoms with Gasteiger partial charge in [0.15, 0.2) is 9.84 Å². The third-order valence-corrected chi connectivity index (χ3v) is 8.09. The van der Waals surface area contributed by atoms with Crippen LogP contribution in [0.4, 0.5) is 5.69 Å². The van der Waals surface area contributed by atoms with Gasteiger partial charge in [-0.05, 0) is 62.6 Å². The molecule has 0 saturated heterocycles. The molecule has 0 heterocycles. The number of rotatable bonds is 9. The minimum Gasteiger partial charge on any atom is -0.310 e. The summed E-state index contributed by atoms with van der Waals surface area (Å²) < 4.78 is 25.3. The van der Waals surface area contributed by atoms with Crippen molar-refractivity contribution in [1.82, 2.24) is 0 Å². The Morgan fingerprint density at radius 1 is 1.17 bits per heavy atom. The predicted octanol–water partition coefficient (Wildman–Crippen LogP) is 4.91. The monoisotopic (exact) mass is 444 g/mol. The van der Waals surface area contributed by atoms with E-state index < -0.39 is 15.1 Å². The molecule has 0 aliphatic carbocycles. The summed E-state index contributed by atoms with van der Waals surface area (Å²) in [6.45, 7) is 7.89. The van der Waals surface area contributed by atoms with Gasteiger partial charge in [0.1, 0.15) is 0 Å². The smallest absolute Gasteiger partial charge is 0.240 e. The number of benzene rings is 2. The summed E-state index contributed by atoms with van der Waals surface area (Å²) in [5.74, 6) is -0.0784. The molecule has 1 atom stereocenters. The first kappa shape index (κ1) is 24.0. The normalized spacial score (nSPS) is 12.2. The van der Waals surface area contributed by atoms with E-state index in [0.29, 0.717) is 17.9 Å². The Bertz CT molecular complexity index is 1040. The number of aryl methyl sites for hydroxylation is 2. The second-order valence-corrected chi connectivity index (χ2v) is 10.7. The minimum absolute atomic E-state index is 0.0733. The maximum Gasteiger partial charge on any atom is 0.240 e. The van der Waals surface area contributed by atoms with Crippen LogP contribution in [0.3, 0.4) is 0 Å². The highest BCUT2D eigenvalue weighted by atomic mass is 32.2. The molecule has 2 aromatic rings. The molecular weight excluding hydrogens is 416 g/mol. The summed E-state index contributed by atoms with van der Waals surface area (Å²) in [6, 6.07) is 14.7. The van der Waals surface area contributed by atoms with Crippen LogP contribution in [0.5, 0.6) is 0 Å². The molecule has 1 unspecified atom stereocenters. The molecule has 2 rings (SSSR count). The summed E-state index contributed by atoms with van der Waals surface area (Å²) in [5.41, 5.74) is 2.94. The maximum atomic E-state index is 13.3. The fourth-order valence-electron chi connectivity index (χ4n) is 3.07. The lowest BCUT2D eigenvalue weighted by Crippen LogP contribution is -2.37. The molecule has 0 aromatic heterocycles. The van der Waals surface area contributed by atoms with Gasteiger partial charge in [-0.25, -0.2) is 8.42 Å². The molecule has 7 heteroatoms. The van der Waals surface area contributed by atoms with Gasteiger partial charge in [-0.3, -0.25) is 4.79 Å². The SMILES string of the molecule is CCCS(=O)(=O)c1ccccc1SC(C)C(=O)N(CCC#N)c1ccc(C)c(C)c1. The van der Waals surface area contributed by atoms with E-state index in [4.69, 9.17) is 5.26 Å². The Balaban J connectivity index is 2.32. The molecule has 160 valence electrons. The van der Waals surface area contributed by atoms with Crippen molar-refractivity contribution in [3.05, 3.63) is 53.6 Å². The van der Waals surface area contributed by atoms with Gasteiger partial charge in [-0.15, -0.1) is 11.8 Å². The number of hydrogen-bond donors (Lipinski definition) is 0. The van der Waals surface area contributed by atoms with Gasteiger partial charge in [0.2, 0.25) is 5.91 Å². The van der Waals surface area contributed by atoms with E-state index >= 15 is 0 Å². The van der Waals surface area contributed by atoms with E-state index in [2.05, 4.69) is 6.07 Å². The highest BCUT2D eigenvalue weighted by Crippen LogP contribution is 2.32. The largest absolute Gasteiger partial charge is 0.310 e. The van der Waals surface area contributed by atoms with Crippen molar-refractivity contribution in [2.75, 3.05) is 17.2 Å². The van der Waals surface area contributed by atoms with Crippen LogP contribution in [-0.2, 0) is 14.6 Å². The molecule has 0 N–H and O–H groups in total. The second-order valence-electron chi connectivity index (χ2n) is 7.19. The number of nitrogens with zero attached hydrogens (tertiary/aromatic N) is 2. The average Bonchev–Trinajstić information content (AvgIpc) is 2.70. The van der Waals surface area contributed by atoms with Crippen molar-refractivity contribution < 1.29 is 13.2 Å². The Morgan fingerprint density at radius 3 is 2.50 bits per heavy atom. The van der Waals surface area contributed by atoms with E-state index in [9.17, 15) is 13.2 Å². The minimum atomic E-state index is -3.40. The quantitative estimate of drug-likeness (QED) is 0.513. The molecule has 0 fully saturated rings. The highest BCUT2D eigenvalue weighted by Gasteiger charge is 2.26. The number of nitriles is 1. The van der Waals surface area contributed by atoms with Gasteiger partial charge in [0, 0.05) is 17.1 Å². The molecule has 2 aromatic carbocycles. The van der Waals surface area contributed by atoms with E-state index in [1.165, 1.54) is 11.8 Å². The fourth-order valence-corrected chi connectivity index (χ4v) is 5.96. The number of carbonyl (C=O) groups excluding carboxylic acids is 1. The third kappa shape index (κ3) is 5.87. The Hall–Kier alpha value is -2.30. The molecule has 5 nitrogen and oxygen atoms in total. The van der Waals surface area contributed by atoms with Gasteiger partial charge in [-0.2, -0.15) is 5.26 Å². The zero-order valence-corrected chi connectivity index (χ0v) is 19.5. The first-order valence-corrected chi connectivity index (χ1v) is 12.5. The lowest BCUT2D eigenvalue weighted by atomic mass is 10.1. The summed E-state index contributed by atoms with van der Waals surface area (Å²) in [4.78, 5) is 15.8. The second kappa shape index (κ2) is 10.6. The van der Waals surface area contributed by atoms with Crippen LogP contribution in [0, 0.1) is 25.2 Å². The van der Waals surface area contributed by atoms with Crippen molar-refractivity contribution in [3.63, 3.8) is 0 Å². The van der Waals surface area contributed by atoms with Crippen LogP contribution in [0.15, 0.2) is 52.3 Å². The van der Waals surface area contributed by atoms with E-state index in [0.717, 1.165) is 16.8 Å². The number of sulfone groups is 1. The highest BCUT2D eigenvalue weighted by molar-refractivity contribution is 8.01. The van der Waals surface area contributed by atoms with E-state index in [-0.39, 0.29) is 23.0 Å². The molecule has 0 aliphatic rings. The number of hydrogen-bond acceptors (Lipinski definition) is 5. The Kier molecular flexibility index (Phi) is 8.51. The summed E-state index contributed by atoms with van der Waals surface area (Å²) in [7, 11) is -3.40. The van der Waals surface area contributed by atoms with Crippen molar-refractivity contribution in [3.8, 4) is 6.07 Å². The predicted molar refractivity (Wildman–Crippen MR) is 123 cm³/mol. The van der Waals surface area contributed by atoms with Crippen molar-refractivity contribution >= 4 is 33.2 Å². The molecular formula is C23H28N2O3S2. The van der Waals surface area contributed by atoms with Crippen LogP contribution in [-0.4, -0.2) is 31.9 Å². The van der Waals surface area contributed by atoms with Crippen molar-refractivity contribution in [2.24, 2.45) is 0 Å². The van der Waals surface area contributed by atoms with Crippen molar-refractivity contribution in [1.29, 1.82) is 5.26 Å². The molecule has 0 radical (unpaired) electrons. The third-order valence-electron chi connectivity index (χ3n) is 4.82. The van der Waals surface area contributed by atoms with Crippen LogP contribution in [0.2, 0.25) is 0 Å². The van der Waals surface area contributed by atoms with Crippen LogP contribution >= 0.6 is 11.8 Å². The van der Waals surface area contributed by atoms with E-state index in [1.807, 2.05) is 39.0 Å². The Labute approximate surface area is 184 Å². The van der Waals surface area contributed by atoms with Crippen LogP contribution in [0.25, 0.3) is 0 Å². The first-order valence-electron chi connectivity index (χ1n) is 9.95. The number of carbonyl (C=O) groups is 1. The average molecular weight is 445 g/mol. The topological polar surface area (TPSA) is 78.2 Å². The van der Waals surface area contributed by atoms with Gasteiger partial charge >= 0.3 is 0 Å². The van der Waals surface area contributed by atoms with Gasteiger partial charge < -0.3 is 4.90 Å². The zero-order chi connectivity index (χ0) is 22.3. The van der Waals surface area contributed by atoms with Crippen LogP contribution < -0.4 is 4.90 Å². The van der Waals surface area contributed by atoms with Gasteiger partial charge in [-0.1, -0.05) is 25.1 Å². The number of anilines is 1. The summed E-state index contributed by atoms with van der Waals surface area (Å²) in [6.07, 6.45) is 0.752. The molecule has 1 amide bonds. The number of amides is 1. The first-order chi connectivity index (χ1) is 14.2. The standard InChI is InChI=1S/C23H28N2O3S2/c1-5-15-30(27,28)22-10-7-6-9-21(22)29-19(4)23(26)25(14-8-13-24)20-12-11-17(2)18(3)16-20/h6-7,9-12,16,19H,5,8,14-15H2,1-4H3. The summed E-state index contributed by atoms with van der Waals surface area (Å²) >= 11 is 1.24. The molecule has 0 aliphatic heterocycles. The van der Waals surface area contributed by atoms with Gasteiger partial charge in [0.05, 0.1) is 28.4 Å². The molecule has 0 spiro atoms. The molecule has 0 saturated carbocycles. The van der Waals surface area contributed by atoms with Crippen molar-refractivity contribution in [2.45, 2.75) is 55.6 Å².